The summed E-state index contributed by atoms with van der Waals surface area (Å²) in [4.78, 5) is 0. The molecular formula is C15H26ClN3. The van der Waals surface area contributed by atoms with Crippen LogP contribution in [0.1, 0.15) is 50.3 Å². The molecule has 1 saturated carbocycles. The Bertz CT molecular complexity index is 433. The van der Waals surface area contributed by atoms with E-state index in [2.05, 4.69) is 31.3 Å². The molecule has 3 nitrogen and oxygen atoms in total. The molecule has 2 rings (SSSR count). The summed E-state index contributed by atoms with van der Waals surface area (Å²) >= 11 is 6.38. The van der Waals surface area contributed by atoms with Gasteiger partial charge in [-0.3, -0.25) is 4.68 Å². The van der Waals surface area contributed by atoms with Crippen molar-refractivity contribution in [3.8, 4) is 0 Å². The van der Waals surface area contributed by atoms with Crippen LogP contribution < -0.4 is 5.32 Å². The van der Waals surface area contributed by atoms with Crippen LogP contribution in [0.2, 0.25) is 5.15 Å². The normalized spacial score (nSPS) is 19.8. The number of nitrogens with one attached hydrogen (secondary N) is 1. The van der Waals surface area contributed by atoms with E-state index in [0.717, 1.165) is 17.3 Å². The molecule has 0 amide bonds. The third kappa shape index (κ3) is 2.68. The second-order valence-electron chi connectivity index (χ2n) is 5.95. The molecule has 1 atom stereocenters. The molecule has 4 heteroatoms. The third-order valence-corrected chi connectivity index (χ3v) is 5.54. The molecule has 0 radical (unpaired) electrons. The Balaban J connectivity index is 2.23. The summed E-state index contributed by atoms with van der Waals surface area (Å²) in [5, 5.41) is 8.78. The minimum absolute atomic E-state index is 0.445. The molecule has 0 spiro atoms. The number of hydrogen-bond donors (Lipinski definition) is 1. The maximum atomic E-state index is 6.38. The molecule has 1 aromatic heterocycles. The van der Waals surface area contributed by atoms with Crippen LogP contribution in [-0.2, 0) is 13.5 Å². The number of hydrogen-bond acceptors (Lipinski definition) is 2. The van der Waals surface area contributed by atoms with Crippen LogP contribution in [0.3, 0.4) is 0 Å². The first-order chi connectivity index (χ1) is 9.04. The number of nitrogens with zero attached hydrogens (tertiary/aromatic N) is 2. The van der Waals surface area contributed by atoms with Crippen LogP contribution in [0, 0.1) is 12.3 Å². The van der Waals surface area contributed by atoms with Gasteiger partial charge in [-0.2, -0.15) is 5.10 Å². The molecule has 1 aliphatic rings. The van der Waals surface area contributed by atoms with E-state index in [1.54, 1.807) is 4.68 Å². The van der Waals surface area contributed by atoms with Crippen molar-refractivity contribution in [1.29, 1.82) is 0 Å². The van der Waals surface area contributed by atoms with E-state index in [9.17, 15) is 0 Å². The fourth-order valence-electron chi connectivity index (χ4n) is 3.76. The molecule has 0 aliphatic heterocycles. The largest absolute Gasteiger partial charge is 0.316 e. The van der Waals surface area contributed by atoms with Gasteiger partial charge in [0.2, 0.25) is 0 Å². The van der Waals surface area contributed by atoms with Crippen molar-refractivity contribution in [3.63, 3.8) is 0 Å². The van der Waals surface area contributed by atoms with Crippen molar-refractivity contribution >= 4 is 11.6 Å². The minimum Gasteiger partial charge on any atom is -0.316 e. The van der Waals surface area contributed by atoms with Crippen molar-refractivity contribution in [2.45, 2.75) is 58.4 Å². The summed E-state index contributed by atoms with van der Waals surface area (Å²) < 4.78 is 1.78. The van der Waals surface area contributed by atoms with E-state index in [-0.39, 0.29) is 0 Å². The van der Waals surface area contributed by atoms with Gasteiger partial charge in [0.1, 0.15) is 5.15 Å². The first-order valence-corrected chi connectivity index (χ1v) is 7.77. The SMILES string of the molecule is CCC1(C(Cc2c(C)nn(C)c2Cl)NC)CCCC1. The van der Waals surface area contributed by atoms with Crippen molar-refractivity contribution in [3.05, 3.63) is 16.4 Å². The number of aryl methyl sites for hydroxylation is 2. The summed E-state index contributed by atoms with van der Waals surface area (Å²) in [5.41, 5.74) is 2.72. The summed E-state index contributed by atoms with van der Waals surface area (Å²) in [6, 6.07) is 0.500. The van der Waals surface area contributed by atoms with Gasteiger partial charge in [-0.15, -0.1) is 0 Å². The van der Waals surface area contributed by atoms with Gasteiger partial charge in [-0.1, -0.05) is 31.4 Å². The third-order valence-electron chi connectivity index (χ3n) is 5.07. The van der Waals surface area contributed by atoms with E-state index >= 15 is 0 Å². The number of rotatable bonds is 5. The monoisotopic (exact) mass is 283 g/mol. The van der Waals surface area contributed by atoms with Crippen molar-refractivity contribution in [2.24, 2.45) is 12.5 Å². The second kappa shape index (κ2) is 5.84. The molecule has 0 bridgehead atoms. The smallest absolute Gasteiger partial charge is 0.130 e. The number of halogens is 1. The summed E-state index contributed by atoms with van der Waals surface area (Å²) in [6.45, 7) is 4.38. The van der Waals surface area contributed by atoms with Crippen LogP contribution in [-0.4, -0.2) is 22.9 Å². The molecule has 1 N–H and O–H groups in total. The predicted molar refractivity (Wildman–Crippen MR) is 80.7 cm³/mol. The molecule has 1 unspecified atom stereocenters. The lowest BCUT2D eigenvalue weighted by atomic mass is 9.74. The molecule has 0 saturated heterocycles. The zero-order valence-electron chi connectivity index (χ0n) is 12.6. The van der Waals surface area contributed by atoms with E-state index < -0.39 is 0 Å². The highest BCUT2D eigenvalue weighted by Gasteiger charge is 2.39. The van der Waals surface area contributed by atoms with Crippen LogP contribution in [0.5, 0.6) is 0 Å². The first-order valence-electron chi connectivity index (χ1n) is 7.39. The first kappa shape index (κ1) is 14.9. The number of aromatic nitrogens is 2. The molecule has 1 aliphatic carbocycles. The maximum Gasteiger partial charge on any atom is 0.130 e. The van der Waals surface area contributed by atoms with E-state index in [1.807, 2.05) is 7.05 Å². The Kier molecular flexibility index (Phi) is 4.57. The molecule has 0 aromatic carbocycles. The highest BCUT2D eigenvalue weighted by molar-refractivity contribution is 6.30. The molecule has 19 heavy (non-hydrogen) atoms. The fourth-order valence-corrected chi connectivity index (χ4v) is 4.01. The highest BCUT2D eigenvalue weighted by atomic mass is 35.5. The maximum absolute atomic E-state index is 6.38. The van der Waals surface area contributed by atoms with Gasteiger partial charge in [0.15, 0.2) is 0 Å². The molecular weight excluding hydrogens is 258 g/mol. The molecule has 108 valence electrons. The lowest BCUT2D eigenvalue weighted by Gasteiger charge is -2.37. The zero-order valence-corrected chi connectivity index (χ0v) is 13.3. The highest BCUT2D eigenvalue weighted by Crippen LogP contribution is 2.45. The lowest BCUT2D eigenvalue weighted by molar-refractivity contribution is 0.192. The topological polar surface area (TPSA) is 29.9 Å². The summed E-state index contributed by atoms with van der Waals surface area (Å²) in [7, 11) is 4.00. The van der Waals surface area contributed by atoms with Gasteiger partial charge in [-0.05, 0) is 45.1 Å². The van der Waals surface area contributed by atoms with Gasteiger partial charge in [0.25, 0.3) is 0 Å². The number of likely N-dealkylation sites (N-methyl/N-ethyl adjacent to an activating group) is 1. The van der Waals surface area contributed by atoms with E-state index in [4.69, 9.17) is 11.6 Å². The van der Waals surface area contributed by atoms with E-state index in [1.165, 1.54) is 37.7 Å². The van der Waals surface area contributed by atoms with Gasteiger partial charge in [0, 0.05) is 18.7 Å². The Morgan fingerprint density at radius 1 is 1.42 bits per heavy atom. The molecule has 1 heterocycles. The summed E-state index contributed by atoms with van der Waals surface area (Å²) in [6.07, 6.45) is 7.65. The van der Waals surface area contributed by atoms with Gasteiger partial charge in [0.05, 0.1) is 5.69 Å². The van der Waals surface area contributed by atoms with Crippen molar-refractivity contribution < 1.29 is 0 Å². The lowest BCUT2D eigenvalue weighted by Crippen LogP contribution is -2.43. The molecule has 1 fully saturated rings. The quantitative estimate of drug-likeness (QED) is 0.897. The van der Waals surface area contributed by atoms with Crippen LogP contribution in [0.15, 0.2) is 0 Å². The Morgan fingerprint density at radius 2 is 2.05 bits per heavy atom. The average Bonchev–Trinajstić information content (AvgIpc) is 2.96. The van der Waals surface area contributed by atoms with E-state index in [0.29, 0.717) is 11.5 Å². The summed E-state index contributed by atoms with van der Waals surface area (Å²) in [5.74, 6) is 0. The second-order valence-corrected chi connectivity index (χ2v) is 6.30. The zero-order chi connectivity index (χ0) is 14.0. The average molecular weight is 284 g/mol. The van der Waals surface area contributed by atoms with Crippen LogP contribution in [0.4, 0.5) is 0 Å². The predicted octanol–water partition coefficient (Wildman–Crippen LogP) is 3.48. The molecule has 1 aromatic rings. The minimum atomic E-state index is 0.445. The fraction of sp³-hybridized carbons (Fsp3) is 0.800. The van der Waals surface area contributed by atoms with Crippen molar-refractivity contribution in [1.82, 2.24) is 15.1 Å². The van der Waals surface area contributed by atoms with Gasteiger partial charge < -0.3 is 5.32 Å². The van der Waals surface area contributed by atoms with Gasteiger partial charge >= 0.3 is 0 Å². The Hall–Kier alpha value is -0.540. The van der Waals surface area contributed by atoms with Gasteiger partial charge in [-0.25, -0.2) is 0 Å². The van der Waals surface area contributed by atoms with Crippen molar-refractivity contribution in [2.75, 3.05) is 7.05 Å². The standard InChI is InChI=1S/C15H26ClN3/c1-5-15(8-6-7-9-15)13(17-3)10-12-11(2)18-19(4)14(12)16/h13,17H,5-10H2,1-4H3. The van der Waals surface area contributed by atoms with Crippen LogP contribution >= 0.6 is 11.6 Å². The van der Waals surface area contributed by atoms with Crippen LogP contribution in [0.25, 0.3) is 0 Å². The Morgan fingerprint density at radius 3 is 2.47 bits per heavy atom. The Labute approximate surface area is 121 Å².